The second kappa shape index (κ2) is 7.88. The number of fused-ring (bicyclic) bond motifs is 1. The minimum Gasteiger partial charge on any atom is -0.385 e. The van der Waals surface area contributed by atoms with Crippen molar-refractivity contribution in [3.05, 3.63) is 51.4 Å². The molecule has 0 amide bonds. The Bertz CT molecular complexity index is 1070. The van der Waals surface area contributed by atoms with Crippen molar-refractivity contribution in [3.63, 3.8) is 0 Å². The molecule has 2 aromatic rings. The zero-order chi connectivity index (χ0) is 21.7. The van der Waals surface area contributed by atoms with Crippen molar-refractivity contribution in [1.29, 1.82) is 0 Å². The Hall–Kier alpha value is -1.50. The SMILES string of the molecule is C[C@H](c1ccc2c(c1CC(=O)CS(=O)(=O)c1ccc(C(C)(C)O)s1)CCC2)C1CC1. The monoisotopic (exact) mass is 446 g/mol. The highest BCUT2D eigenvalue weighted by Crippen LogP contribution is 2.44. The lowest BCUT2D eigenvalue weighted by Gasteiger charge is -2.19. The molecule has 1 aromatic carbocycles. The number of sulfone groups is 1. The van der Waals surface area contributed by atoms with Crippen LogP contribution in [0.2, 0.25) is 0 Å². The van der Waals surface area contributed by atoms with E-state index >= 15 is 0 Å². The van der Waals surface area contributed by atoms with Crippen LogP contribution < -0.4 is 0 Å². The van der Waals surface area contributed by atoms with Crippen LogP contribution in [-0.4, -0.2) is 25.1 Å². The van der Waals surface area contributed by atoms with E-state index in [0.717, 1.165) is 36.2 Å². The molecule has 0 saturated heterocycles. The Morgan fingerprint density at radius 3 is 2.57 bits per heavy atom. The van der Waals surface area contributed by atoms with Crippen LogP contribution in [0.3, 0.4) is 0 Å². The summed E-state index contributed by atoms with van der Waals surface area (Å²) in [5.41, 5.74) is 3.84. The van der Waals surface area contributed by atoms with Gasteiger partial charge in [-0.1, -0.05) is 19.1 Å². The van der Waals surface area contributed by atoms with Crippen LogP contribution in [0.25, 0.3) is 0 Å². The second-order valence-electron chi connectivity index (χ2n) is 9.40. The molecule has 162 valence electrons. The van der Waals surface area contributed by atoms with E-state index in [-0.39, 0.29) is 16.4 Å². The zero-order valence-corrected chi connectivity index (χ0v) is 19.5. The summed E-state index contributed by atoms with van der Waals surface area (Å²) in [6.07, 6.45) is 5.80. The van der Waals surface area contributed by atoms with Gasteiger partial charge in [-0.3, -0.25) is 4.79 Å². The summed E-state index contributed by atoms with van der Waals surface area (Å²) in [6.45, 7) is 5.49. The quantitative estimate of drug-likeness (QED) is 0.645. The van der Waals surface area contributed by atoms with Gasteiger partial charge in [0, 0.05) is 11.3 Å². The van der Waals surface area contributed by atoms with Crippen molar-refractivity contribution in [2.75, 3.05) is 5.75 Å². The van der Waals surface area contributed by atoms with Crippen molar-refractivity contribution in [1.82, 2.24) is 0 Å². The van der Waals surface area contributed by atoms with Gasteiger partial charge in [0.1, 0.15) is 9.96 Å². The first kappa shape index (κ1) is 21.7. The van der Waals surface area contributed by atoms with Crippen LogP contribution >= 0.6 is 11.3 Å². The Labute approximate surface area is 183 Å². The Morgan fingerprint density at radius 1 is 1.20 bits per heavy atom. The molecule has 4 rings (SSSR count). The van der Waals surface area contributed by atoms with Crippen LogP contribution in [-0.2, 0) is 39.5 Å². The standard InChI is InChI=1S/C24H30O4S2/c1-15(16-7-8-16)19-10-9-17-5-4-6-20(17)21(19)13-18(25)14-30(27,28)23-12-11-22(29-23)24(2,3)26/h9-12,15-16,26H,4-8,13-14H2,1-3H3/t15-/m0/s1. The molecule has 1 atom stereocenters. The molecule has 6 heteroatoms. The van der Waals surface area contributed by atoms with Gasteiger partial charge < -0.3 is 5.11 Å². The van der Waals surface area contributed by atoms with Crippen molar-refractivity contribution >= 4 is 27.0 Å². The Kier molecular flexibility index (Phi) is 5.71. The molecule has 0 bridgehead atoms. The molecule has 1 fully saturated rings. The number of Topliss-reactive ketones (excluding diaryl/α,β-unsaturated/α-hetero) is 1. The fourth-order valence-corrected chi connectivity index (χ4v) is 7.23. The van der Waals surface area contributed by atoms with Gasteiger partial charge in [0.2, 0.25) is 0 Å². The molecule has 0 radical (unpaired) electrons. The van der Waals surface area contributed by atoms with E-state index in [0.29, 0.717) is 16.7 Å². The summed E-state index contributed by atoms with van der Waals surface area (Å²) in [5.74, 6) is 0.368. The van der Waals surface area contributed by atoms with Crippen LogP contribution in [0, 0.1) is 5.92 Å². The Balaban J connectivity index is 1.57. The molecule has 0 unspecified atom stereocenters. The molecule has 1 heterocycles. The van der Waals surface area contributed by atoms with Crippen molar-refractivity contribution in [2.24, 2.45) is 5.92 Å². The lowest BCUT2D eigenvalue weighted by molar-refractivity contribution is -0.116. The van der Waals surface area contributed by atoms with Crippen LogP contribution in [0.4, 0.5) is 0 Å². The lowest BCUT2D eigenvalue weighted by Crippen LogP contribution is -2.19. The number of benzene rings is 1. The number of carbonyl (C=O) groups excluding carboxylic acids is 1. The smallest absolute Gasteiger partial charge is 0.194 e. The molecule has 1 saturated carbocycles. The van der Waals surface area contributed by atoms with Gasteiger partial charge in [-0.05, 0) is 92.2 Å². The zero-order valence-electron chi connectivity index (χ0n) is 17.9. The summed E-state index contributed by atoms with van der Waals surface area (Å²) in [7, 11) is -3.71. The number of thiophene rings is 1. The van der Waals surface area contributed by atoms with Crippen molar-refractivity contribution in [3.8, 4) is 0 Å². The van der Waals surface area contributed by atoms with Crippen molar-refractivity contribution < 1.29 is 18.3 Å². The molecule has 30 heavy (non-hydrogen) atoms. The number of hydrogen-bond acceptors (Lipinski definition) is 5. The highest BCUT2D eigenvalue weighted by Gasteiger charge is 2.33. The van der Waals surface area contributed by atoms with E-state index in [1.165, 1.54) is 35.6 Å². The van der Waals surface area contributed by atoms with Gasteiger partial charge in [0.15, 0.2) is 15.6 Å². The van der Waals surface area contributed by atoms with Gasteiger partial charge in [0.25, 0.3) is 0 Å². The molecule has 0 spiro atoms. The van der Waals surface area contributed by atoms with E-state index in [1.54, 1.807) is 19.9 Å². The first-order valence-electron chi connectivity index (χ1n) is 10.8. The van der Waals surface area contributed by atoms with Crippen LogP contribution in [0.1, 0.15) is 73.1 Å². The largest absolute Gasteiger partial charge is 0.385 e. The van der Waals surface area contributed by atoms with E-state index in [4.69, 9.17) is 0 Å². The summed E-state index contributed by atoms with van der Waals surface area (Å²) in [4.78, 5) is 13.5. The lowest BCUT2D eigenvalue weighted by atomic mass is 9.86. The van der Waals surface area contributed by atoms with Gasteiger partial charge in [-0.15, -0.1) is 11.3 Å². The average Bonchev–Trinajstić information content (AvgIpc) is 3.16. The minimum absolute atomic E-state index is 0.151. The number of aliphatic hydroxyl groups is 1. The average molecular weight is 447 g/mol. The summed E-state index contributed by atoms with van der Waals surface area (Å²) >= 11 is 1.05. The van der Waals surface area contributed by atoms with Gasteiger partial charge in [-0.25, -0.2) is 8.42 Å². The summed E-state index contributed by atoms with van der Waals surface area (Å²) in [6, 6.07) is 7.52. The second-order valence-corrected chi connectivity index (χ2v) is 12.7. The third kappa shape index (κ3) is 4.41. The summed E-state index contributed by atoms with van der Waals surface area (Å²) < 4.78 is 25.9. The van der Waals surface area contributed by atoms with Crippen molar-refractivity contribution in [2.45, 2.75) is 75.0 Å². The molecule has 2 aliphatic rings. The number of aryl methyl sites for hydroxylation is 1. The maximum Gasteiger partial charge on any atom is 0.194 e. The molecule has 4 nitrogen and oxygen atoms in total. The first-order chi connectivity index (χ1) is 14.1. The molecule has 1 N–H and O–H groups in total. The third-order valence-electron chi connectivity index (χ3n) is 6.47. The molecule has 2 aliphatic carbocycles. The summed E-state index contributed by atoms with van der Waals surface area (Å²) in [5, 5.41) is 10.1. The molecule has 1 aromatic heterocycles. The minimum atomic E-state index is -3.71. The molecular weight excluding hydrogens is 416 g/mol. The Morgan fingerprint density at radius 2 is 1.93 bits per heavy atom. The number of carbonyl (C=O) groups is 1. The highest BCUT2D eigenvalue weighted by molar-refractivity contribution is 7.94. The fraction of sp³-hybridized carbons (Fsp3) is 0.542. The number of hydrogen-bond donors (Lipinski definition) is 1. The predicted octanol–water partition coefficient (Wildman–Crippen LogP) is 4.56. The van der Waals surface area contributed by atoms with E-state index < -0.39 is 21.2 Å². The maximum atomic E-state index is 12.9. The van der Waals surface area contributed by atoms with E-state index in [1.807, 2.05) is 0 Å². The fourth-order valence-electron chi connectivity index (χ4n) is 4.59. The van der Waals surface area contributed by atoms with Crippen LogP contribution in [0.15, 0.2) is 28.5 Å². The third-order valence-corrected chi connectivity index (χ3v) is 10.1. The van der Waals surface area contributed by atoms with Gasteiger partial charge >= 0.3 is 0 Å². The first-order valence-corrected chi connectivity index (χ1v) is 13.2. The predicted molar refractivity (Wildman–Crippen MR) is 120 cm³/mol. The van der Waals surface area contributed by atoms with E-state index in [2.05, 4.69) is 19.1 Å². The molecule has 0 aliphatic heterocycles. The van der Waals surface area contributed by atoms with Gasteiger partial charge in [-0.2, -0.15) is 0 Å². The van der Waals surface area contributed by atoms with Gasteiger partial charge in [0.05, 0.1) is 5.60 Å². The van der Waals surface area contributed by atoms with Crippen LogP contribution in [0.5, 0.6) is 0 Å². The maximum absolute atomic E-state index is 12.9. The highest BCUT2D eigenvalue weighted by atomic mass is 32.2. The normalized spacial score (nSPS) is 17.7. The molecular formula is C24H30O4S2. The van der Waals surface area contributed by atoms with E-state index in [9.17, 15) is 18.3 Å². The number of ketones is 1. The topological polar surface area (TPSA) is 71.4 Å². The number of rotatable bonds is 8.